The van der Waals surface area contributed by atoms with Crippen molar-refractivity contribution in [2.75, 3.05) is 0 Å². The van der Waals surface area contributed by atoms with Gasteiger partial charge in [-0.25, -0.2) is 0 Å². The third kappa shape index (κ3) is 4.31. The van der Waals surface area contributed by atoms with E-state index in [2.05, 4.69) is 10.9 Å². The first kappa shape index (κ1) is 14.5. The number of rotatable bonds is 6. The van der Waals surface area contributed by atoms with Gasteiger partial charge in [0.15, 0.2) is 0 Å². The Balaban J connectivity index is 1.75. The molecular weight excluding hydrogens is 278 g/mol. The van der Waals surface area contributed by atoms with Crippen LogP contribution in [0.15, 0.2) is 48.5 Å². The SMILES string of the molecule is O=[N+]([O-])c1ccc(CNNCc2ccc(Cl)cc2)cc1. The van der Waals surface area contributed by atoms with Gasteiger partial charge in [-0.3, -0.25) is 21.0 Å². The standard InChI is InChI=1S/C14H14ClN3O2/c15-13-5-1-11(2-6-13)9-16-17-10-12-3-7-14(8-4-12)18(19)20/h1-8,16-17H,9-10H2. The average molecular weight is 292 g/mol. The summed E-state index contributed by atoms with van der Waals surface area (Å²) in [4.78, 5) is 10.1. The van der Waals surface area contributed by atoms with Crippen molar-refractivity contribution in [3.63, 3.8) is 0 Å². The van der Waals surface area contributed by atoms with Crippen molar-refractivity contribution in [1.82, 2.24) is 10.9 Å². The van der Waals surface area contributed by atoms with Gasteiger partial charge in [-0.15, -0.1) is 0 Å². The number of nitro benzene ring substituents is 1. The number of benzene rings is 2. The maximum Gasteiger partial charge on any atom is 0.269 e. The summed E-state index contributed by atoms with van der Waals surface area (Å²) in [6, 6.07) is 14.0. The van der Waals surface area contributed by atoms with Crippen LogP contribution in [0.5, 0.6) is 0 Å². The maximum atomic E-state index is 10.5. The van der Waals surface area contributed by atoms with E-state index in [1.54, 1.807) is 12.1 Å². The fraction of sp³-hybridized carbons (Fsp3) is 0.143. The molecule has 20 heavy (non-hydrogen) atoms. The highest BCUT2D eigenvalue weighted by Gasteiger charge is 2.03. The van der Waals surface area contributed by atoms with Crippen LogP contribution in [0.3, 0.4) is 0 Å². The molecule has 0 amide bonds. The molecule has 0 saturated heterocycles. The molecule has 0 aliphatic carbocycles. The molecule has 6 heteroatoms. The summed E-state index contributed by atoms with van der Waals surface area (Å²) in [5, 5.41) is 11.2. The summed E-state index contributed by atoms with van der Waals surface area (Å²) >= 11 is 5.80. The first-order valence-corrected chi connectivity index (χ1v) is 6.46. The summed E-state index contributed by atoms with van der Waals surface area (Å²) in [5.41, 5.74) is 8.33. The monoisotopic (exact) mass is 291 g/mol. The Labute approximate surface area is 121 Å². The molecular formula is C14H14ClN3O2. The highest BCUT2D eigenvalue weighted by Crippen LogP contribution is 2.11. The minimum atomic E-state index is -0.407. The Morgan fingerprint density at radius 2 is 1.35 bits per heavy atom. The summed E-state index contributed by atoms with van der Waals surface area (Å²) in [6.45, 7) is 1.26. The van der Waals surface area contributed by atoms with E-state index in [0.717, 1.165) is 11.1 Å². The summed E-state index contributed by atoms with van der Waals surface area (Å²) in [7, 11) is 0. The van der Waals surface area contributed by atoms with E-state index in [0.29, 0.717) is 18.1 Å². The highest BCUT2D eigenvalue weighted by molar-refractivity contribution is 6.30. The Morgan fingerprint density at radius 1 is 0.900 bits per heavy atom. The lowest BCUT2D eigenvalue weighted by molar-refractivity contribution is -0.384. The Bertz CT molecular complexity index is 570. The zero-order chi connectivity index (χ0) is 14.4. The van der Waals surface area contributed by atoms with Crippen molar-refractivity contribution in [1.29, 1.82) is 0 Å². The van der Waals surface area contributed by atoms with Gasteiger partial charge in [-0.2, -0.15) is 0 Å². The van der Waals surface area contributed by atoms with E-state index in [4.69, 9.17) is 11.6 Å². The zero-order valence-electron chi connectivity index (χ0n) is 10.7. The van der Waals surface area contributed by atoms with Gasteiger partial charge in [0, 0.05) is 30.2 Å². The van der Waals surface area contributed by atoms with Crippen molar-refractivity contribution in [2.24, 2.45) is 0 Å². The number of halogens is 1. The topological polar surface area (TPSA) is 67.2 Å². The smallest absolute Gasteiger partial charge is 0.258 e. The molecule has 5 nitrogen and oxygen atoms in total. The lowest BCUT2D eigenvalue weighted by Crippen LogP contribution is -2.30. The lowest BCUT2D eigenvalue weighted by atomic mass is 10.2. The van der Waals surface area contributed by atoms with Crippen LogP contribution in [0, 0.1) is 10.1 Å². The average Bonchev–Trinajstić information content (AvgIpc) is 2.46. The van der Waals surface area contributed by atoms with E-state index in [1.807, 2.05) is 24.3 Å². The molecule has 0 aromatic heterocycles. The summed E-state index contributed by atoms with van der Waals surface area (Å²) < 4.78 is 0. The zero-order valence-corrected chi connectivity index (χ0v) is 11.4. The Kier molecular flexibility index (Phi) is 5.06. The van der Waals surface area contributed by atoms with Gasteiger partial charge in [0.05, 0.1) is 4.92 Å². The molecule has 0 spiro atoms. The van der Waals surface area contributed by atoms with E-state index in [1.165, 1.54) is 12.1 Å². The first-order chi connectivity index (χ1) is 9.65. The molecule has 0 unspecified atom stereocenters. The van der Waals surface area contributed by atoms with Crippen LogP contribution in [0.25, 0.3) is 0 Å². The van der Waals surface area contributed by atoms with Crippen molar-refractivity contribution < 1.29 is 4.92 Å². The predicted molar refractivity (Wildman–Crippen MR) is 78.2 cm³/mol. The molecule has 2 N–H and O–H groups in total. The first-order valence-electron chi connectivity index (χ1n) is 6.08. The predicted octanol–water partition coefficient (Wildman–Crippen LogP) is 3.04. The third-order valence-corrected chi connectivity index (χ3v) is 3.02. The molecule has 0 radical (unpaired) electrons. The largest absolute Gasteiger partial charge is 0.269 e. The van der Waals surface area contributed by atoms with Crippen LogP contribution in [0.1, 0.15) is 11.1 Å². The second-order valence-electron chi connectivity index (χ2n) is 4.26. The second kappa shape index (κ2) is 7.00. The molecule has 0 aliphatic heterocycles. The van der Waals surface area contributed by atoms with E-state index in [-0.39, 0.29) is 5.69 Å². The van der Waals surface area contributed by atoms with E-state index in [9.17, 15) is 10.1 Å². The fourth-order valence-electron chi connectivity index (χ4n) is 1.67. The molecule has 2 rings (SSSR count). The molecule has 0 bridgehead atoms. The second-order valence-corrected chi connectivity index (χ2v) is 4.69. The van der Waals surface area contributed by atoms with Gasteiger partial charge >= 0.3 is 0 Å². The van der Waals surface area contributed by atoms with E-state index < -0.39 is 4.92 Å². The number of nitrogens with one attached hydrogen (secondary N) is 2. The number of hydrogen-bond acceptors (Lipinski definition) is 4. The van der Waals surface area contributed by atoms with Gasteiger partial charge in [0.25, 0.3) is 5.69 Å². The number of nitro groups is 1. The van der Waals surface area contributed by atoms with Gasteiger partial charge in [-0.05, 0) is 23.3 Å². The van der Waals surface area contributed by atoms with Crippen LogP contribution in [-0.4, -0.2) is 4.92 Å². The number of nitrogens with zero attached hydrogens (tertiary/aromatic N) is 1. The van der Waals surface area contributed by atoms with Crippen molar-refractivity contribution in [2.45, 2.75) is 13.1 Å². The minimum absolute atomic E-state index is 0.0999. The van der Waals surface area contributed by atoms with Crippen molar-refractivity contribution in [3.8, 4) is 0 Å². The maximum absolute atomic E-state index is 10.5. The normalized spacial score (nSPS) is 10.4. The van der Waals surface area contributed by atoms with Gasteiger partial charge in [-0.1, -0.05) is 35.9 Å². The molecule has 0 atom stereocenters. The molecule has 104 valence electrons. The van der Waals surface area contributed by atoms with Crippen LogP contribution in [0.4, 0.5) is 5.69 Å². The number of hydrogen-bond donors (Lipinski definition) is 2. The van der Waals surface area contributed by atoms with Crippen LogP contribution < -0.4 is 10.9 Å². The molecule has 0 saturated carbocycles. The Morgan fingerprint density at radius 3 is 1.80 bits per heavy atom. The van der Waals surface area contributed by atoms with Gasteiger partial charge in [0.1, 0.15) is 0 Å². The van der Waals surface area contributed by atoms with Crippen molar-refractivity contribution >= 4 is 17.3 Å². The van der Waals surface area contributed by atoms with E-state index >= 15 is 0 Å². The fourth-order valence-corrected chi connectivity index (χ4v) is 1.79. The van der Waals surface area contributed by atoms with Gasteiger partial charge < -0.3 is 0 Å². The van der Waals surface area contributed by atoms with Crippen molar-refractivity contribution in [3.05, 3.63) is 74.8 Å². The minimum Gasteiger partial charge on any atom is -0.258 e. The summed E-state index contributed by atoms with van der Waals surface area (Å²) in [6.07, 6.45) is 0. The summed E-state index contributed by atoms with van der Waals surface area (Å²) in [5.74, 6) is 0. The highest BCUT2D eigenvalue weighted by atomic mass is 35.5. The van der Waals surface area contributed by atoms with Crippen LogP contribution >= 0.6 is 11.6 Å². The molecule has 2 aromatic rings. The van der Waals surface area contributed by atoms with Crippen LogP contribution in [-0.2, 0) is 13.1 Å². The molecule has 2 aromatic carbocycles. The quantitative estimate of drug-likeness (QED) is 0.488. The Hall–Kier alpha value is -1.95. The lowest BCUT2D eigenvalue weighted by Gasteiger charge is -2.07. The molecule has 0 fully saturated rings. The molecule has 0 heterocycles. The number of hydrazine groups is 1. The van der Waals surface area contributed by atoms with Crippen LogP contribution in [0.2, 0.25) is 5.02 Å². The number of non-ortho nitro benzene ring substituents is 1. The van der Waals surface area contributed by atoms with Gasteiger partial charge in [0.2, 0.25) is 0 Å². The molecule has 0 aliphatic rings. The third-order valence-electron chi connectivity index (χ3n) is 2.77.